The zero-order chi connectivity index (χ0) is 13.1. The van der Waals surface area contributed by atoms with Crippen LogP contribution in [0.4, 0.5) is 0 Å². The van der Waals surface area contributed by atoms with Gasteiger partial charge in [-0.2, -0.15) is 0 Å². The third kappa shape index (κ3) is 3.47. The Labute approximate surface area is 107 Å². The van der Waals surface area contributed by atoms with Crippen LogP contribution in [0.25, 0.3) is 0 Å². The highest BCUT2D eigenvalue weighted by atomic mass is 16.5. The Bertz CT molecular complexity index is 373. The van der Waals surface area contributed by atoms with Crippen LogP contribution in [0.15, 0.2) is 0 Å². The number of aromatic nitrogens is 4. The normalized spacial score (nSPS) is 27.3. The number of morpholine rings is 1. The quantitative estimate of drug-likeness (QED) is 0.778. The van der Waals surface area contributed by atoms with Crippen LogP contribution in [-0.2, 0) is 11.3 Å². The minimum absolute atomic E-state index is 0.218. The van der Waals surface area contributed by atoms with Crippen LogP contribution in [0.2, 0.25) is 0 Å². The smallest absolute Gasteiger partial charge is 0.148 e. The van der Waals surface area contributed by atoms with E-state index in [2.05, 4.69) is 34.3 Å². The van der Waals surface area contributed by atoms with Gasteiger partial charge >= 0.3 is 0 Å². The van der Waals surface area contributed by atoms with Gasteiger partial charge in [0.2, 0.25) is 0 Å². The molecule has 1 saturated heterocycles. The van der Waals surface area contributed by atoms with E-state index in [1.54, 1.807) is 4.68 Å². The minimum Gasteiger partial charge on any atom is -0.390 e. The molecule has 7 nitrogen and oxygen atoms in total. The molecule has 2 rings (SSSR count). The highest BCUT2D eigenvalue weighted by Crippen LogP contribution is 2.11. The van der Waals surface area contributed by atoms with Crippen molar-refractivity contribution < 1.29 is 9.84 Å². The topological polar surface area (TPSA) is 76.3 Å². The third-order valence-electron chi connectivity index (χ3n) is 3.06. The zero-order valence-corrected chi connectivity index (χ0v) is 11.2. The second kappa shape index (κ2) is 5.73. The monoisotopic (exact) mass is 255 g/mol. The van der Waals surface area contributed by atoms with Crippen LogP contribution in [-0.4, -0.2) is 68.2 Å². The zero-order valence-electron chi connectivity index (χ0n) is 11.2. The van der Waals surface area contributed by atoms with Gasteiger partial charge < -0.3 is 9.84 Å². The molecule has 0 radical (unpaired) electrons. The Morgan fingerprint density at radius 3 is 2.56 bits per heavy atom. The van der Waals surface area contributed by atoms with Gasteiger partial charge in [-0.1, -0.05) is 0 Å². The Morgan fingerprint density at radius 2 is 2.00 bits per heavy atom. The molecule has 1 aliphatic rings. The summed E-state index contributed by atoms with van der Waals surface area (Å²) >= 11 is 0. The van der Waals surface area contributed by atoms with Crippen molar-refractivity contribution in [2.45, 2.75) is 45.6 Å². The Balaban J connectivity index is 1.83. The largest absolute Gasteiger partial charge is 0.390 e. The number of hydrogen-bond acceptors (Lipinski definition) is 6. The van der Waals surface area contributed by atoms with Crippen LogP contribution >= 0.6 is 0 Å². The van der Waals surface area contributed by atoms with Crippen LogP contribution in [0.5, 0.6) is 0 Å². The molecule has 3 atom stereocenters. The fourth-order valence-electron chi connectivity index (χ4n) is 2.41. The van der Waals surface area contributed by atoms with E-state index in [0.29, 0.717) is 13.1 Å². The van der Waals surface area contributed by atoms with Crippen LogP contribution < -0.4 is 0 Å². The number of hydrogen-bond donors (Lipinski definition) is 1. The summed E-state index contributed by atoms with van der Waals surface area (Å²) in [4.78, 5) is 2.23. The molecule has 0 aliphatic carbocycles. The molecular formula is C11H21N5O2. The average molecular weight is 255 g/mol. The first-order valence-electron chi connectivity index (χ1n) is 6.33. The molecule has 0 aromatic carbocycles. The molecule has 102 valence electrons. The van der Waals surface area contributed by atoms with Gasteiger partial charge in [0, 0.05) is 19.6 Å². The second-order valence-corrected chi connectivity index (χ2v) is 5.04. The molecule has 0 saturated carbocycles. The lowest BCUT2D eigenvalue weighted by molar-refractivity contribution is -0.0774. The summed E-state index contributed by atoms with van der Waals surface area (Å²) in [5.41, 5.74) is 0. The Kier molecular flexibility index (Phi) is 4.26. The summed E-state index contributed by atoms with van der Waals surface area (Å²) in [5, 5.41) is 21.3. The lowest BCUT2D eigenvalue weighted by Crippen LogP contribution is -2.48. The van der Waals surface area contributed by atoms with E-state index < -0.39 is 6.10 Å². The van der Waals surface area contributed by atoms with Crippen molar-refractivity contribution >= 4 is 0 Å². The maximum Gasteiger partial charge on any atom is 0.148 e. The van der Waals surface area contributed by atoms with Crippen LogP contribution in [0, 0.1) is 6.92 Å². The number of aliphatic hydroxyl groups is 1. The van der Waals surface area contributed by atoms with Crippen molar-refractivity contribution in [3.63, 3.8) is 0 Å². The number of rotatable bonds is 4. The summed E-state index contributed by atoms with van der Waals surface area (Å²) < 4.78 is 7.29. The van der Waals surface area contributed by atoms with E-state index in [9.17, 15) is 5.11 Å². The molecule has 1 aliphatic heterocycles. The first kappa shape index (κ1) is 13.4. The third-order valence-corrected chi connectivity index (χ3v) is 3.06. The molecule has 1 aromatic rings. The standard InChI is InChI=1S/C11H21N5O2/c1-8-4-15(5-9(2)18-8)6-11(17)7-16-10(3)12-13-14-16/h8-9,11,17H,4-7H2,1-3H3/t8-,9-,11+/m0/s1. The molecule has 7 heteroatoms. The maximum atomic E-state index is 10.1. The van der Waals surface area contributed by atoms with E-state index >= 15 is 0 Å². The minimum atomic E-state index is -0.468. The van der Waals surface area contributed by atoms with E-state index in [0.717, 1.165) is 18.9 Å². The molecule has 0 spiro atoms. The van der Waals surface area contributed by atoms with Gasteiger partial charge in [0.15, 0.2) is 0 Å². The number of β-amino-alcohol motifs (C(OH)–C–C–N with tert-alkyl or cyclic N) is 1. The van der Waals surface area contributed by atoms with Crippen molar-refractivity contribution in [3.05, 3.63) is 5.82 Å². The number of tetrazole rings is 1. The van der Waals surface area contributed by atoms with E-state index in [1.165, 1.54) is 0 Å². The molecule has 0 amide bonds. The lowest BCUT2D eigenvalue weighted by Gasteiger charge is -2.36. The van der Waals surface area contributed by atoms with Gasteiger partial charge in [-0.05, 0) is 31.2 Å². The van der Waals surface area contributed by atoms with Gasteiger partial charge in [0.05, 0.1) is 24.9 Å². The molecule has 0 unspecified atom stereocenters. The SMILES string of the molecule is Cc1nnnn1C[C@H](O)CN1C[C@H](C)O[C@@H](C)C1. The summed E-state index contributed by atoms with van der Waals surface area (Å²) in [6.45, 7) is 8.70. The molecular weight excluding hydrogens is 234 g/mol. The van der Waals surface area contributed by atoms with Crippen molar-refractivity contribution in [1.82, 2.24) is 25.1 Å². The first-order valence-corrected chi connectivity index (χ1v) is 6.33. The molecule has 1 fully saturated rings. The summed E-state index contributed by atoms with van der Waals surface area (Å²) in [7, 11) is 0. The van der Waals surface area contributed by atoms with E-state index in [4.69, 9.17) is 4.74 Å². The maximum absolute atomic E-state index is 10.1. The number of nitrogens with zero attached hydrogens (tertiary/aromatic N) is 5. The van der Waals surface area contributed by atoms with Crippen molar-refractivity contribution in [2.24, 2.45) is 0 Å². The van der Waals surface area contributed by atoms with E-state index in [-0.39, 0.29) is 12.2 Å². The lowest BCUT2D eigenvalue weighted by atomic mass is 10.2. The number of ether oxygens (including phenoxy) is 1. The first-order chi connectivity index (χ1) is 8.54. The average Bonchev–Trinajstić information content (AvgIpc) is 2.62. The molecule has 1 N–H and O–H groups in total. The Hall–Kier alpha value is -1.05. The van der Waals surface area contributed by atoms with Crippen molar-refractivity contribution in [2.75, 3.05) is 19.6 Å². The second-order valence-electron chi connectivity index (χ2n) is 5.04. The number of aliphatic hydroxyl groups excluding tert-OH is 1. The van der Waals surface area contributed by atoms with Crippen LogP contribution in [0.3, 0.4) is 0 Å². The predicted molar refractivity (Wildman–Crippen MR) is 65.0 cm³/mol. The number of aryl methyl sites for hydroxylation is 1. The summed E-state index contributed by atoms with van der Waals surface area (Å²) in [5.74, 6) is 0.720. The molecule has 2 heterocycles. The van der Waals surface area contributed by atoms with Gasteiger partial charge in [0.25, 0.3) is 0 Å². The summed E-state index contributed by atoms with van der Waals surface area (Å²) in [6, 6.07) is 0. The molecule has 0 bridgehead atoms. The summed E-state index contributed by atoms with van der Waals surface area (Å²) in [6.07, 6.45) is -0.0313. The van der Waals surface area contributed by atoms with Gasteiger partial charge in [0.1, 0.15) is 5.82 Å². The van der Waals surface area contributed by atoms with E-state index in [1.807, 2.05) is 6.92 Å². The van der Waals surface area contributed by atoms with Crippen molar-refractivity contribution in [1.29, 1.82) is 0 Å². The molecule has 1 aromatic heterocycles. The van der Waals surface area contributed by atoms with Gasteiger partial charge in [-0.25, -0.2) is 4.68 Å². The highest BCUT2D eigenvalue weighted by molar-refractivity contribution is 4.78. The van der Waals surface area contributed by atoms with Gasteiger partial charge in [-0.15, -0.1) is 5.10 Å². The fraction of sp³-hybridized carbons (Fsp3) is 0.909. The predicted octanol–water partition coefficient (Wildman–Crippen LogP) is -0.548. The Morgan fingerprint density at radius 1 is 1.33 bits per heavy atom. The molecule has 18 heavy (non-hydrogen) atoms. The highest BCUT2D eigenvalue weighted by Gasteiger charge is 2.24. The van der Waals surface area contributed by atoms with Crippen LogP contribution in [0.1, 0.15) is 19.7 Å². The van der Waals surface area contributed by atoms with Crippen molar-refractivity contribution in [3.8, 4) is 0 Å². The fourth-order valence-corrected chi connectivity index (χ4v) is 2.41. The van der Waals surface area contributed by atoms with Gasteiger partial charge in [-0.3, -0.25) is 4.90 Å².